The van der Waals surface area contributed by atoms with Gasteiger partial charge < -0.3 is 15.3 Å². The summed E-state index contributed by atoms with van der Waals surface area (Å²) >= 11 is 0. The number of rotatable bonds is 3. The van der Waals surface area contributed by atoms with E-state index in [0.29, 0.717) is 11.6 Å². The number of aliphatic hydroxyl groups is 1. The van der Waals surface area contributed by atoms with Crippen LogP contribution in [0.1, 0.15) is 18.1 Å². The summed E-state index contributed by atoms with van der Waals surface area (Å²) in [5, 5.41) is 13.6. The van der Waals surface area contributed by atoms with E-state index in [1.807, 2.05) is 23.1 Å². The van der Waals surface area contributed by atoms with E-state index in [-0.39, 0.29) is 5.91 Å². The molecule has 3 rings (SSSR count). The van der Waals surface area contributed by atoms with Crippen molar-refractivity contribution < 1.29 is 9.90 Å². The van der Waals surface area contributed by atoms with Crippen LogP contribution in [-0.4, -0.2) is 66.1 Å². The van der Waals surface area contributed by atoms with Gasteiger partial charge in [-0.1, -0.05) is 30.3 Å². The zero-order chi connectivity index (χ0) is 14.7. The van der Waals surface area contributed by atoms with E-state index in [2.05, 4.69) is 10.2 Å². The SMILES string of the molecule is O=C(C(O)c1ccccc1)N1CCC(N2CCNCC2)C1. The molecule has 2 aliphatic rings. The third-order valence-electron chi connectivity index (χ3n) is 4.49. The fourth-order valence-corrected chi connectivity index (χ4v) is 3.24. The minimum Gasteiger partial charge on any atom is -0.378 e. The van der Waals surface area contributed by atoms with Crippen molar-refractivity contribution in [1.29, 1.82) is 0 Å². The second-order valence-electron chi connectivity index (χ2n) is 5.83. The molecule has 0 aromatic heterocycles. The molecule has 2 aliphatic heterocycles. The quantitative estimate of drug-likeness (QED) is 0.836. The molecule has 0 aliphatic carbocycles. The van der Waals surface area contributed by atoms with Crippen molar-refractivity contribution >= 4 is 5.91 Å². The summed E-state index contributed by atoms with van der Waals surface area (Å²) < 4.78 is 0. The van der Waals surface area contributed by atoms with E-state index >= 15 is 0 Å². The highest BCUT2D eigenvalue weighted by molar-refractivity contribution is 5.82. The Labute approximate surface area is 125 Å². The predicted octanol–water partition coefficient (Wildman–Crippen LogP) is 0.226. The number of likely N-dealkylation sites (tertiary alicyclic amines) is 1. The van der Waals surface area contributed by atoms with E-state index < -0.39 is 6.10 Å². The maximum Gasteiger partial charge on any atom is 0.256 e. The highest BCUT2D eigenvalue weighted by atomic mass is 16.3. The van der Waals surface area contributed by atoms with E-state index in [1.165, 1.54) is 0 Å². The molecule has 1 amide bonds. The Morgan fingerprint density at radius 1 is 1.19 bits per heavy atom. The van der Waals surface area contributed by atoms with Crippen LogP contribution < -0.4 is 5.32 Å². The maximum absolute atomic E-state index is 12.4. The van der Waals surface area contributed by atoms with Gasteiger partial charge in [0.25, 0.3) is 5.91 Å². The second kappa shape index (κ2) is 6.56. The summed E-state index contributed by atoms with van der Waals surface area (Å²) in [7, 11) is 0. The molecule has 0 bridgehead atoms. The molecule has 114 valence electrons. The highest BCUT2D eigenvalue weighted by Crippen LogP contribution is 2.21. The lowest BCUT2D eigenvalue weighted by Crippen LogP contribution is -2.49. The van der Waals surface area contributed by atoms with Crippen molar-refractivity contribution in [1.82, 2.24) is 15.1 Å². The Kier molecular flexibility index (Phi) is 4.53. The first-order valence-corrected chi connectivity index (χ1v) is 7.72. The van der Waals surface area contributed by atoms with Crippen molar-refractivity contribution in [2.45, 2.75) is 18.6 Å². The average molecular weight is 289 g/mol. The van der Waals surface area contributed by atoms with Crippen LogP contribution in [0.15, 0.2) is 30.3 Å². The lowest BCUT2D eigenvalue weighted by molar-refractivity contribution is -0.139. The molecule has 2 saturated heterocycles. The summed E-state index contributed by atoms with van der Waals surface area (Å²) in [5.74, 6) is -0.168. The van der Waals surface area contributed by atoms with Crippen molar-refractivity contribution in [2.75, 3.05) is 39.3 Å². The average Bonchev–Trinajstić information content (AvgIpc) is 3.05. The zero-order valence-electron chi connectivity index (χ0n) is 12.2. The maximum atomic E-state index is 12.4. The molecule has 0 spiro atoms. The summed E-state index contributed by atoms with van der Waals surface area (Å²) in [4.78, 5) is 16.7. The minimum atomic E-state index is -1.03. The number of piperazine rings is 1. The van der Waals surface area contributed by atoms with E-state index in [0.717, 1.165) is 45.7 Å². The third kappa shape index (κ3) is 3.26. The van der Waals surface area contributed by atoms with Gasteiger partial charge >= 0.3 is 0 Å². The first-order valence-electron chi connectivity index (χ1n) is 7.72. The number of aliphatic hydroxyl groups excluding tert-OH is 1. The Morgan fingerprint density at radius 3 is 2.62 bits per heavy atom. The summed E-state index contributed by atoms with van der Waals surface area (Å²) in [5.41, 5.74) is 0.674. The van der Waals surface area contributed by atoms with Gasteiger partial charge in [-0.3, -0.25) is 9.69 Å². The van der Waals surface area contributed by atoms with E-state index in [4.69, 9.17) is 0 Å². The number of carbonyl (C=O) groups is 1. The summed E-state index contributed by atoms with van der Waals surface area (Å²) in [6.07, 6.45) is -0.0271. The van der Waals surface area contributed by atoms with Crippen LogP contribution >= 0.6 is 0 Å². The molecule has 2 atom stereocenters. The van der Waals surface area contributed by atoms with Crippen LogP contribution in [0.5, 0.6) is 0 Å². The fraction of sp³-hybridized carbons (Fsp3) is 0.562. The molecule has 2 N–H and O–H groups in total. The van der Waals surface area contributed by atoms with Gasteiger partial charge in [-0.25, -0.2) is 0 Å². The topological polar surface area (TPSA) is 55.8 Å². The number of nitrogens with one attached hydrogen (secondary N) is 1. The van der Waals surface area contributed by atoms with E-state index in [1.54, 1.807) is 12.1 Å². The number of carbonyl (C=O) groups excluding carboxylic acids is 1. The Balaban J connectivity index is 1.59. The van der Waals surface area contributed by atoms with Crippen molar-refractivity contribution in [3.8, 4) is 0 Å². The molecule has 1 aromatic carbocycles. The van der Waals surface area contributed by atoms with Gasteiger partial charge in [0.05, 0.1) is 0 Å². The molecular formula is C16H23N3O2. The van der Waals surface area contributed by atoms with Crippen LogP contribution in [0.4, 0.5) is 0 Å². The van der Waals surface area contributed by atoms with Crippen molar-refractivity contribution in [2.24, 2.45) is 0 Å². The Morgan fingerprint density at radius 2 is 1.90 bits per heavy atom. The number of hydrogen-bond acceptors (Lipinski definition) is 4. The Bertz CT molecular complexity index is 474. The minimum absolute atomic E-state index is 0.168. The molecule has 21 heavy (non-hydrogen) atoms. The van der Waals surface area contributed by atoms with Gasteiger partial charge in [0.15, 0.2) is 6.10 Å². The van der Waals surface area contributed by atoms with Gasteiger partial charge in [-0.05, 0) is 12.0 Å². The highest BCUT2D eigenvalue weighted by Gasteiger charge is 2.33. The lowest BCUT2D eigenvalue weighted by Gasteiger charge is -2.32. The zero-order valence-corrected chi connectivity index (χ0v) is 12.2. The molecule has 2 fully saturated rings. The van der Waals surface area contributed by atoms with Crippen LogP contribution in [0, 0.1) is 0 Å². The van der Waals surface area contributed by atoms with Crippen molar-refractivity contribution in [3.05, 3.63) is 35.9 Å². The molecule has 1 aromatic rings. The van der Waals surface area contributed by atoms with E-state index in [9.17, 15) is 9.90 Å². The van der Waals surface area contributed by atoms with Gasteiger partial charge in [-0.2, -0.15) is 0 Å². The van der Waals surface area contributed by atoms with Crippen molar-refractivity contribution in [3.63, 3.8) is 0 Å². The number of hydrogen-bond donors (Lipinski definition) is 2. The van der Waals surface area contributed by atoms with Crippen LogP contribution in [-0.2, 0) is 4.79 Å². The molecule has 5 nitrogen and oxygen atoms in total. The number of nitrogens with zero attached hydrogens (tertiary/aromatic N) is 2. The first-order chi connectivity index (χ1) is 10.3. The normalized spacial score (nSPS) is 25.0. The standard InChI is InChI=1S/C16H23N3O2/c20-15(13-4-2-1-3-5-13)16(21)19-9-6-14(12-19)18-10-7-17-8-11-18/h1-5,14-15,17,20H,6-12H2. The molecule has 5 heteroatoms. The van der Waals surface area contributed by atoms with Gasteiger partial charge in [0.2, 0.25) is 0 Å². The summed E-state index contributed by atoms with van der Waals surface area (Å²) in [6.45, 7) is 5.64. The lowest BCUT2D eigenvalue weighted by atomic mass is 10.1. The second-order valence-corrected chi connectivity index (χ2v) is 5.83. The third-order valence-corrected chi connectivity index (χ3v) is 4.49. The smallest absolute Gasteiger partial charge is 0.256 e. The van der Waals surface area contributed by atoms with Gasteiger partial charge in [0, 0.05) is 45.3 Å². The number of amides is 1. The molecule has 2 heterocycles. The van der Waals surface area contributed by atoms with Gasteiger partial charge in [0.1, 0.15) is 0 Å². The first kappa shape index (κ1) is 14.5. The van der Waals surface area contributed by atoms with Crippen LogP contribution in [0.3, 0.4) is 0 Å². The molecule has 0 saturated carbocycles. The summed E-state index contributed by atoms with van der Waals surface area (Å²) in [6, 6.07) is 9.62. The van der Waals surface area contributed by atoms with Crippen LogP contribution in [0.25, 0.3) is 0 Å². The molecular weight excluding hydrogens is 266 g/mol. The Hall–Kier alpha value is -1.43. The predicted molar refractivity (Wildman–Crippen MR) is 80.8 cm³/mol. The fourth-order valence-electron chi connectivity index (χ4n) is 3.24. The molecule has 0 radical (unpaired) electrons. The number of benzene rings is 1. The van der Waals surface area contributed by atoms with Gasteiger partial charge in [-0.15, -0.1) is 0 Å². The van der Waals surface area contributed by atoms with Crippen LogP contribution in [0.2, 0.25) is 0 Å². The monoisotopic (exact) mass is 289 g/mol. The molecule has 2 unspecified atom stereocenters. The largest absolute Gasteiger partial charge is 0.378 e.